The third-order valence-corrected chi connectivity index (χ3v) is 5.69. The number of nitrogens with one attached hydrogen (secondary N) is 1. The van der Waals surface area contributed by atoms with E-state index in [0.29, 0.717) is 5.69 Å². The molecule has 0 aliphatic rings. The van der Waals surface area contributed by atoms with Crippen LogP contribution in [-0.4, -0.2) is 28.4 Å². The molecule has 5 nitrogen and oxygen atoms in total. The molecule has 1 rings (SSSR count). The number of rotatable bonds is 10. The van der Waals surface area contributed by atoms with Gasteiger partial charge in [-0.2, -0.15) is 4.13 Å². The van der Waals surface area contributed by atoms with Gasteiger partial charge in [-0.15, -0.1) is 0 Å². The molecule has 0 amide bonds. The number of nitrogen functional groups attached to an aromatic ring is 1. The van der Waals surface area contributed by atoms with E-state index in [1.54, 1.807) is 26.4 Å². The molecular weight excluding hydrogens is 356 g/mol. The second kappa shape index (κ2) is 18.0. The Hall–Kier alpha value is -0.760. The summed E-state index contributed by atoms with van der Waals surface area (Å²) in [6.07, 6.45) is 7.25. The van der Waals surface area contributed by atoms with Gasteiger partial charge in [0.1, 0.15) is 0 Å². The van der Waals surface area contributed by atoms with Gasteiger partial charge in [0.05, 0.1) is 4.90 Å². The van der Waals surface area contributed by atoms with Crippen molar-refractivity contribution in [3.8, 4) is 0 Å². The molecule has 1 aromatic rings. The summed E-state index contributed by atoms with van der Waals surface area (Å²) in [5.74, 6) is 0.806. The molecule has 0 unspecified atom stereocenters. The fourth-order valence-electron chi connectivity index (χ4n) is 1.77. The third-order valence-electron chi connectivity index (χ3n) is 2.96. The maximum atomic E-state index is 11.9. The van der Waals surface area contributed by atoms with Crippen LogP contribution >= 0.6 is 11.9 Å². The van der Waals surface area contributed by atoms with Gasteiger partial charge in [0.25, 0.3) is 0 Å². The summed E-state index contributed by atoms with van der Waals surface area (Å²) < 4.78 is 30.7. The van der Waals surface area contributed by atoms with Gasteiger partial charge >= 0.3 is 0 Å². The molecule has 0 aliphatic heterocycles. The largest absolute Gasteiger partial charge is 0.399 e. The quantitative estimate of drug-likeness (QED) is 0.338. The normalized spacial score (nSPS) is 10.3. The minimum Gasteiger partial charge on any atom is -0.399 e. The monoisotopic (exact) mass is 392 g/mol. The molecule has 7 heteroatoms. The number of benzene rings is 1. The summed E-state index contributed by atoms with van der Waals surface area (Å²) >= 11 is 1.25. The average Bonchev–Trinajstić information content (AvgIpc) is 2.60. The Labute approximate surface area is 159 Å². The van der Waals surface area contributed by atoms with Crippen LogP contribution in [0.2, 0.25) is 0 Å². The van der Waals surface area contributed by atoms with Crippen molar-refractivity contribution >= 4 is 27.7 Å². The minimum absolute atomic E-state index is 0.252. The molecule has 0 spiro atoms. The van der Waals surface area contributed by atoms with Crippen molar-refractivity contribution in [1.29, 1.82) is 0 Å². The molecule has 1 aromatic carbocycles. The number of hydrogen-bond acceptors (Lipinski definition) is 5. The Bertz CT molecular complexity index is 492. The molecule has 0 radical (unpaired) electrons. The Morgan fingerprint density at radius 3 is 2.00 bits per heavy atom. The van der Waals surface area contributed by atoms with E-state index in [-0.39, 0.29) is 4.90 Å². The van der Waals surface area contributed by atoms with E-state index in [1.807, 2.05) is 13.8 Å². The van der Waals surface area contributed by atoms with Gasteiger partial charge in [-0.1, -0.05) is 64.8 Å². The molecule has 0 aliphatic carbocycles. The number of methoxy groups -OCH3 is 1. The maximum absolute atomic E-state index is 11.9. The van der Waals surface area contributed by atoms with Gasteiger partial charge in [0.15, 0.2) is 0 Å². The first-order valence-corrected chi connectivity index (χ1v) is 11.3. The Balaban J connectivity index is 0. The zero-order valence-electron chi connectivity index (χ0n) is 16.4. The smallest absolute Gasteiger partial charge is 0.249 e. The zero-order chi connectivity index (χ0) is 19.6. The molecule has 0 bridgehead atoms. The maximum Gasteiger partial charge on any atom is 0.249 e. The van der Waals surface area contributed by atoms with Crippen molar-refractivity contribution < 1.29 is 13.2 Å². The van der Waals surface area contributed by atoms with Crippen LogP contribution in [0.4, 0.5) is 5.69 Å². The Kier molecular flexibility index (Phi) is 19.1. The molecule has 0 fully saturated rings. The number of anilines is 1. The highest BCUT2D eigenvalue weighted by Gasteiger charge is 2.12. The van der Waals surface area contributed by atoms with Crippen molar-refractivity contribution in [2.24, 2.45) is 0 Å². The molecule has 0 heterocycles. The van der Waals surface area contributed by atoms with Crippen LogP contribution in [0.25, 0.3) is 0 Å². The predicted octanol–water partition coefficient (Wildman–Crippen LogP) is 4.84. The standard InChI is InChI=1S/C14H24N2O2S2.C2H6O.C2H6/c1-2-3-4-5-6-7-12-19-16-20(17,18)14-10-8-13(15)9-11-14;1-3-2;1-2/h8-11,16H,2-7,12,15H2,1H3;1-2H3;1-2H3. The summed E-state index contributed by atoms with van der Waals surface area (Å²) in [6.45, 7) is 6.20. The predicted molar refractivity (Wildman–Crippen MR) is 111 cm³/mol. The van der Waals surface area contributed by atoms with E-state index in [2.05, 4.69) is 15.8 Å². The fraction of sp³-hybridized carbons (Fsp3) is 0.667. The van der Waals surface area contributed by atoms with Crippen LogP contribution in [0.5, 0.6) is 0 Å². The molecule has 148 valence electrons. The van der Waals surface area contributed by atoms with E-state index in [4.69, 9.17) is 5.73 Å². The van der Waals surface area contributed by atoms with Crippen molar-refractivity contribution in [2.45, 2.75) is 64.2 Å². The van der Waals surface area contributed by atoms with Gasteiger partial charge in [0, 0.05) is 25.7 Å². The molecular formula is C18H36N2O3S2. The lowest BCUT2D eigenvalue weighted by Crippen LogP contribution is -2.17. The number of sulfonamides is 1. The minimum atomic E-state index is -3.42. The summed E-state index contributed by atoms with van der Waals surface area (Å²) in [4.78, 5) is 0.252. The van der Waals surface area contributed by atoms with Gasteiger partial charge in [-0.3, -0.25) is 0 Å². The van der Waals surface area contributed by atoms with Gasteiger partial charge in [-0.25, -0.2) is 8.42 Å². The van der Waals surface area contributed by atoms with Gasteiger partial charge in [-0.05, 0) is 30.7 Å². The molecule has 3 N–H and O–H groups in total. The Morgan fingerprint density at radius 2 is 1.48 bits per heavy atom. The highest BCUT2D eigenvalue weighted by Crippen LogP contribution is 2.14. The highest BCUT2D eigenvalue weighted by molar-refractivity contribution is 8.09. The zero-order valence-corrected chi connectivity index (χ0v) is 18.0. The van der Waals surface area contributed by atoms with Crippen LogP contribution in [-0.2, 0) is 14.8 Å². The second-order valence-corrected chi connectivity index (χ2v) is 8.02. The van der Waals surface area contributed by atoms with E-state index < -0.39 is 10.0 Å². The average molecular weight is 393 g/mol. The first-order valence-electron chi connectivity index (χ1n) is 8.87. The van der Waals surface area contributed by atoms with E-state index in [1.165, 1.54) is 49.8 Å². The van der Waals surface area contributed by atoms with E-state index >= 15 is 0 Å². The summed E-state index contributed by atoms with van der Waals surface area (Å²) in [6, 6.07) is 6.21. The van der Waals surface area contributed by atoms with Crippen LogP contribution in [0.15, 0.2) is 29.2 Å². The lowest BCUT2D eigenvalue weighted by molar-refractivity contribution is 0.277. The lowest BCUT2D eigenvalue weighted by Gasteiger charge is -2.06. The number of hydrogen-bond donors (Lipinski definition) is 2. The highest BCUT2D eigenvalue weighted by atomic mass is 32.3. The lowest BCUT2D eigenvalue weighted by atomic mass is 10.1. The van der Waals surface area contributed by atoms with Crippen molar-refractivity contribution in [1.82, 2.24) is 4.13 Å². The number of ether oxygens (including phenoxy) is 1. The van der Waals surface area contributed by atoms with Crippen LogP contribution in [0, 0.1) is 0 Å². The van der Waals surface area contributed by atoms with Crippen LogP contribution < -0.4 is 9.86 Å². The van der Waals surface area contributed by atoms with Gasteiger partial charge in [0.2, 0.25) is 10.0 Å². The van der Waals surface area contributed by atoms with E-state index in [0.717, 1.165) is 18.6 Å². The molecule has 0 saturated heterocycles. The summed E-state index contributed by atoms with van der Waals surface area (Å²) in [5.41, 5.74) is 6.10. The molecule has 0 atom stereocenters. The molecule has 0 saturated carbocycles. The van der Waals surface area contributed by atoms with Crippen LogP contribution in [0.1, 0.15) is 59.3 Å². The first-order chi connectivity index (χ1) is 12.0. The van der Waals surface area contributed by atoms with Gasteiger partial charge < -0.3 is 10.5 Å². The number of nitrogens with two attached hydrogens (primary N) is 1. The van der Waals surface area contributed by atoms with E-state index in [9.17, 15) is 8.42 Å². The molecule has 25 heavy (non-hydrogen) atoms. The fourth-order valence-corrected chi connectivity index (χ4v) is 3.95. The summed E-state index contributed by atoms with van der Waals surface area (Å²) in [7, 11) is -0.171. The molecule has 0 aromatic heterocycles. The van der Waals surface area contributed by atoms with Crippen molar-refractivity contribution in [3.05, 3.63) is 24.3 Å². The topological polar surface area (TPSA) is 81.4 Å². The summed E-state index contributed by atoms with van der Waals surface area (Å²) in [5, 5.41) is 0. The van der Waals surface area contributed by atoms with Crippen molar-refractivity contribution in [2.75, 3.05) is 25.7 Å². The van der Waals surface area contributed by atoms with Crippen LogP contribution in [0.3, 0.4) is 0 Å². The van der Waals surface area contributed by atoms with Crippen molar-refractivity contribution in [3.63, 3.8) is 0 Å². The SMILES string of the molecule is CC.CCCCCCCCSNS(=O)(=O)c1ccc(N)cc1.COC. The second-order valence-electron chi connectivity index (χ2n) is 5.18. The Morgan fingerprint density at radius 1 is 1.00 bits per heavy atom. The number of unbranched alkanes of at least 4 members (excludes halogenated alkanes) is 5. The third kappa shape index (κ3) is 15.2. The first kappa shape index (κ1) is 26.5.